The predicted octanol–water partition coefficient (Wildman–Crippen LogP) is 3.93. The molecule has 1 aromatic carbocycles. The molecule has 2 aromatic heterocycles. The number of hydrogen-bond acceptors (Lipinski definition) is 6. The van der Waals surface area contributed by atoms with Gasteiger partial charge in [-0.05, 0) is 39.8 Å². The molecule has 3 rings (SSSR count). The number of rotatable bonds is 6. The maximum Gasteiger partial charge on any atom is 0.297 e. The lowest BCUT2D eigenvalue weighted by Gasteiger charge is -2.16. The number of benzene rings is 1. The Morgan fingerprint density at radius 2 is 1.91 bits per heavy atom. The second-order valence-corrected chi connectivity index (χ2v) is 7.43. The summed E-state index contributed by atoms with van der Waals surface area (Å²) in [6.45, 7) is 5.59. The summed E-state index contributed by atoms with van der Waals surface area (Å²) in [5.41, 5.74) is -1.39. The second-order valence-electron chi connectivity index (χ2n) is 7.43. The molecule has 0 saturated heterocycles. The fourth-order valence-electron chi connectivity index (χ4n) is 3.25. The first-order valence-electron chi connectivity index (χ1n) is 9.83. The summed E-state index contributed by atoms with van der Waals surface area (Å²) in [5.74, 6) is -0.325. The molecule has 8 nitrogen and oxygen atoms in total. The molecule has 1 atom stereocenters. The summed E-state index contributed by atoms with van der Waals surface area (Å²) in [5, 5.41) is 9.27. The Morgan fingerprint density at radius 3 is 2.48 bits per heavy atom. The van der Waals surface area contributed by atoms with E-state index in [1.54, 1.807) is 19.9 Å². The lowest BCUT2D eigenvalue weighted by atomic mass is 10.0. The highest BCUT2D eigenvalue weighted by Crippen LogP contribution is 2.33. The third-order valence-corrected chi connectivity index (χ3v) is 5.04. The van der Waals surface area contributed by atoms with E-state index >= 15 is 0 Å². The molecule has 0 aliphatic heterocycles. The molecular formula is C22H20F3N5O3. The molecule has 0 fully saturated rings. The van der Waals surface area contributed by atoms with Crippen LogP contribution in [0.25, 0.3) is 0 Å². The Hall–Kier alpha value is -3.94. The Balaban J connectivity index is 2.15. The van der Waals surface area contributed by atoms with E-state index in [9.17, 15) is 28.0 Å². The van der Waals surface area contributed by atoms with Crippen LogP contribution in [0, 0.1) is 32.1 Å². The minimum Gasteiger partial charge on any atom is -0.449 e. The number of aromatic nitrogens is 4. The van der Waals surface area contributed by atoms with Gasteiger partial charge in [0.2, 0.25) is 5.75 Å². The summed E-state index contributed by atoms with van der Waals surface area (Å²) >= 11 is 0. The normalized spacial score (nSPS) is 12.0. The standard InChI is InChI=1S/C22H20F3N5O3/c1-10-15(7-26)5-14(20(24)25)6-17(10)33-19-18(11(2)23)27-9-30(22(19)32)8-16-12(3)28-13(4)29-21(16)31/h5-6,9,11,20H,8H2,1-4H3,(H,28,29,31)/t11-/m0/s1. The highest BCUT2D eigenvalue weighted by molar-refractivity contribution is 5.50. The number of nitriles is 1. The van der Waals surface area contributed by atoms with Crippen molar-refractivity contribution in [3.8, 4) is 17.6 Å². The zero-order valence-corrected chi connectivity index (χ0v) is 18.2. The van der Waals surface area contributed by atoms with Crippen molar-refractivity contribution in [2.75, 3.05) is 0 Å². The van der Waals surface area contributed by atoms with Gasteiger partial charge in [0.15, 0.2) is 0 Å². The number of nitrogens with zero attached hydrogens (tertiary/aromatic N) is 4. The Labute approximate surface area is 186 Å². The number of H-pyrrole nitrogens is 1. The van der Waals surface area contributed by atoms with E-state index in [4.69, 9.17) is 4.74 Å². The van der Waals surface area contributed by atoms with E-state index < -0.39 is 35.0 Å². The predicted molar refractivity (Wildman–Crippen MR) is 112 cm³/mol. The zero-order chi connectivity index (χ0) is 24.4. The van der Waals surface area contributed by atoms with Crippen molar-refractivity contribution in [2.45, 2.75) is 46.8 Å². The van der Waals surface area contributed by atoms with Crippen LogP contribution in [-0.4, -0.2) is 19.5 Å². The quantitative estimate of drug-likeness (QED) is 0.598. The molecule has 0 radical (unpaired) electrons. The SMILES string of the molecule is Cc1nc(C)c(Cn2cnc([C@H](C)F)c(Oc3cc(C(F)F)cc(C#N)c3C)c2=O)c(=O)[nH]1. The first kappa shape index (κ1) is 23.7. The summed E-state index contributed by atoms with van der Waals surface area (Å²) in [6, 6.07) is 3.81. The van der Waals surface area contributed by atoms with Gasteiger partial charge in [0, 0.05) is 16.8 Å². The molecular weight excluding hydrogens is 439 g/mol. The van der Waals surface area contributed by atoms with Crippen molar-refractivity contribution in [1.29, 1.82) is 5.26 Å². The lowest BCUT2D eigenvalue weighted by molar-refractivity contribution is 0.151. The fraction of sp³-hybridized carbons (Fsp3) is 0.318. The van der Waals surface area contributed by atoms with Gasteiger partial charge in [0.25, 0.3) is 17.5 Å². The van der Waals surface area contributed by atoms with Gasteiger partial charge in [-0.3, -0.25) is 14.2 Å². The molecule has 0 aliphatic carbocycles. The molecule has 0 amide bonds. The monoisotopic (exact) mass is 459 g/mol. The van der Waals surface area contributed by atoms with Crippen molar-refractivity contribution in [1.82, 2.24) is 19.5 Å². The van der Waals surface area contributed by atoms with E-state index in [-0.39, 0.29) is 34.7 Å². The van der Waals surface area contributed by atoms with Crippen molar-refractivity contribution >= 4 is 0 Å². The van der Waals surface area contributed by atoms with Crippen molar-refractivity contribution in [2.24, 2.45) is 0 Å². The number of aryl methyl sites for hydroxylation is 2. The number of ether oxygens (including phenoxy) is 1. The van der Waals surface area contributed by atoms with E-state index in [2.05, 4.69) is 15.0 Å². The maximum absolute atomic E-state index is 14.2. The van der Waals surface area contributed by atoms with Crippen LogP contribution in [0.5, 0.6) is 11.5 Å². The number of hydrogen-bond donors (Lipinski definition) is 1. The largest absolute Gasteiger partial charge is 0.449 e. The van der Waals surface area contributed by atoms with Gasteiger partial charge in [-0.1, -0.05) is 0 Å². The molecule has 0 saturated carbocycles. The topological polar surface area (TPSA) is 114 Å². The van der Waals surface area contributed by atoms with E-state index in [0.29, 0.717) is 11.5 Å². The molecule has 0 spiro atoms. The van der Waals surface area contributed by atoms with Gasteiger partial charge in [0.05, 0.1) is 30.1 Å². The first-order chi connectivity index (χ1) is 15.5. The number of alkyl halides is 3. The van der Waals surface area contributed by atoms with E-state index in [0.717, 1.165) is 30.0 Å². The Kier molecular flexibility index (Phi) is 6.67. The van der Waals surface area contributed by atoms with Gasteiger partial charge >= 0.3 is 0 Å². The Bertz CT molecular complexity index is 1370. The summed E-state index contributed by atoms with van der Waals surface area (Å²) < 4.78 is 47.4. The first-order valence-corrected chi connectivity index (χ1v) is 9.83. The third-order valence-electron chi connectivity index (χ3n) is 5.04. The molecule has 3 aromatic rings. The van der Waals surface area contributed by atoms with Gasteiger partial charge in [-0.2, -0.15) is 5.26 Å². The Morgan fingerprint density at radius 1 is 1.21 bits per heavy atom. The smallest absolute Gasteiger partial charge is 0.297 e. The van der Waals surface area contributed by atoms with Gasteiger partial charge in [0.1, 0.15) is 23.4 Å². The minimum atomic E-state index is -2.89. The number of halogens is 3. The molecule has 33 heavy (non-hydrogen) atoms. The highest BCUT2D eigenvalue weighted by atomic mass is 19.3. The zero-order valence-electron chi connectivity index (χ0n) is 18.2. The molecule has 1 N–H and O–H groups in total. The summed E-state index contributed by atoms with van der Waals surface area (Å²) in [6.07, 6.45) is -3.54. The van der Waals surface area contributed by atoms with Crippen molar-refractivity contribution < 1.29 is 17.9 Å². The average molecular weight is 459 g/mol. The second kappa shape index (κ2) is 9.28. The molecule has 172 valence electrons. The molecule has 0 bridgehead atoms. The molecule has 11 heteroatoms. The fourth-order valence-corrected chi connectivity index (χ4v) is 3.25. The maximum atomic E-state index is 14.2. The number of nitrogens with one attached hydrogen (secondary N) is 1. The van der Waals surface area contributed by atoms with Gasteiger partial charge in [-0.25, -0.2) is 23.1 Å². The van der Waals surface area contributed by atoms with Crippen LogP contribution in [0.3, 0.4) is 0 Å². The van der Waals surface area contributed by atoms with Crippen LogP contribution in [-0.2, 0) is 6.54 Å². The molecule has 0 unspecified atom stereocenters. The van der Waals surface area contributed by atoms with Crippen LogP contribution in [0.1, 0.15) is 59.0 Å². The molecule has 2 heterocycles. The molecule has 0 aliphatic rings. The highest BCUT2D eigenvalue weighted by Gasteiger charge is 2.23. The van der Waals surface area contributed by atoms with Gasteiger partial charge < -0.3 is 9.72 Å². The third kappa shape index (κ3) is 4.79. The van der Waals surface area contributed by atoms with Crippen LogP contribution in [0.15, 0.2) is 28.0 Å². The van der Waals surface area contributed by atoms with Crippen LogP contribution < -0.4 is 15.9 Å². The summed E-state index contributed by atoms with van der Waals surface area (Å²) in [4.78, 5) is 36.2. The van der Waals surface area contributed by atoms with Crippen molar-refractivity contribution in [3.63, 3.8) is 0 Å². The van der Waals surface area contributed by atoms with Gasteiger partial charge in [-0.15, -0.1) is 0 Å². The van der Waals surface area contributed by atoms with Crippen LogP contribution >= 0.6 is 0 Å². The average Bonchev–Trinajstić information content (AvgIpc) is 2.73. The van der Waals surface area contributed by atoms with Crippen molar-refractivity contribution in [3.05, 3.63) is 78.6 Å². The summed E-state index contributed by atoms with van der Waals surface area (Å²) in [7, 11) is 0. The lowest BCUT2D eigenvalue weighted by Crippen LogP contribution is -2.28. The van der Waals surface area contributed by atoms with E-state index in [1.807, 2.05) is 0 Å². The van der Waals surface area contributed by atoms with E-state index in [1.165, 1.54) is 6.92 Å². The minimum absolute atomic E-state index is 0.0743. The number of aromatic amines is 1. The van der Waals surface area contributed by atoms with Crippen LogP contribution in [0.2, 0.25) is 0 Å². The van der Waals surface area contributed by atoms with Crippen LogP contribution in [0.4, 0.5) is 13.2 Å².